The van der Waals surface area contributed by atoms with Crippen molar-refractivity contribution in [1.29, 1.82) is 0 Å². The number of aromatic nitrogens is 3. The lowest BCUT2D eigenvalue weighted by Gasteiger charge is -2.07. The van der Waals surface area contributed by atoms with Crippen LogP contribution in [0.1, 0.15) is 30.0 Å². The number of hydrogen-bond acceptors (Lipinski definition) is 4. The van der Waals surface area contributed by atoms with Crippen LogP contribution in [0.4, 0.5) is 0 Å². The standard InChI is InChI=1S/C10H16N4O3/c1-6(2)4-11-8(15)5-14-7(3)9(10(16)17)12-13-14/h6H,4-5H2,1-3H3,(H,11,15)(H,16,17). The number of rotatable bonds is 5. The van der Waals surface area contributed by atoms with E-state index in [0.29, 0.717) is 18.2 Å². The maximum atomic E-state index is 11.5. The molecule has 1 aromatic rings. The minimum absolute atomic E-state index is 0.0150. The van der Waals surface area contributed by atoms with Crippen molar-refractivity contribution in [3.05, 3.63) is 11.4 Å². The molecule has 1 aromatic heterocycles. The van der Waals surface area contributed by atoms with Gasteiger partial charge in [0.15, 0.2) is 5.69 Å². The van der Waals surface area contributed by atoms with Crippen molar-refractivity contribution >= 4 is 11.9 Å². The van der Waals surface area contributed by atoms with E-state index in [4.69, 9.17) is 5.11 Å². The maximum Gasteiger partial charge on any atom is 0.358 e. The molecule has 0 radical (unpaired) electrons. The number of aromatic carboxylic acids is 1. The molecule has 0 unspecified atom stereocenters. The summed E-state index contributed by atoms with van der Waals surface area (Å²) in [6.45, 7) is 6.11. The molecule has 0 aliphatic carbocycles. The topological polar surface area (TPSA) is 97.1 Å². The van der Waals surface area contributed by atoms with Gasteiger partial charge in [0.2, 0.25) is 5.91 Å². The molecule has 2 N–H and O–H groups in total. The van der Waals surface area contributed by atoms with Crippen LogP contribution in [0, 0.1) is 12.8 Å². The summed E-state index contributed by atoms with van der Waals surface area (Å²) in [5.41, 5.74) is 0.249. The van der Waals surface area contributed by atoms with E-state index in [2.05, 4.69) is 15.6 Å². The Bertz CT molecular complexity index is 425. The molecule has 17 heavy (non-hydrogen) atoms. The third kappa shape index (κ3) is 3.54. The third-order valence-corrected chi connectivity index (χ3v) is 2.19. The average Bonchev–Trinajstić information content (AvgIpc) is 2.58. The van der Waals surface area contributed by atoms with Crippen LogP contribution in [0.2, 0.25) is 0 Å². The van der Waals surface area contributed by atoms with Gasteiger partial charge in [0.05, 0.1) is 5.69 Å². The first kappa shape index (κ1) is 13.1. The van der Waals surface area contributed by atoms with Gasteiger partial charge in [-0.3, -0.25) is 4.79 Å². The van der Waals surface area contributed by atoms with Crippen LogP contribution in [0.25, 0.3) is 0 Å². The predicted molar refractivity (Wildman–Crippen MR) is 59.6 cm³/mol. The summed E-state index contributed by atoms with van der Waals surface area (Å²) in [6, 6.07) is 0. The van der Waals surface area contributed by atoms with E-state index in [1.165, 1.54) is 4.68 Å². The first-order chi connectivity index (χ1) is 7.91. The minimum Gasteiger partial charge on any atom is -0.476 e. The fourth-order valence-electron chi connectivity index (χ4n) is 1.22. The Kier molecular flexibility index (Phi) is 4.19. The molecular formula is C10H16N4O3. The van der Waals surface area contributed by atoms with Gasteiger partial charge in [-0.15, -0.1) is 5.10 Å². The van der Waals surface area contributed by atoms with Crippen molar-refractivity contribution in [3.63, 3.8) is 0 Å². The first-order valence-corrected chi connectivity index (χ1v) is 5.32. The molecule has 0 saturated heterocycles. The smallest absolute Gasteiger partial charge is 0.358 e. The molecule has 7 nitrogen and oxygen atoms in total. The number of hydrogen-bond donors (Lipinski definition) is 2. The fraction of sp³-hybridized carbons (Fsp3) is 0.600. The number of carboxylic acid groups (broad SMARTS) is 1. The summed E-state index contributed by atoms with van der Waals surface area (Å²) < 4.78 is 1.28. The van der Waals surface area contributed by atoms with Gasteiger partial charge in [0.25, 0.3) is 0 Å². The highest BCUT2D eigenvalue weighted by Crippen LogP contribution is 2.02. The molecule has 0 atom stereocenters. The van der Waals surface area contributed by atoms with Crippen molar-refractivity contribution < 1.29 is 14.7 Å². The van der Waals surface area contributed by atoms with Gasteiger partial charge >= 0.3 is 5.97 Å². The van der Waals surface area contributed by atoms with Crippen LogP contribution in [0.15, 0.2) is 0 Å². The second kappa shape index (κ2) is 5.42. The molecule has 1 heterocycles. The Morgan fingerprint density at radius 1 is 1.47 bits per heavy atom. The van der Waals surface area contributed by atoms with E-state index in [1.54, 1.807) is 6.92 Å². The van der Waals surface area contributed by atoms with E-state index in [-0.39, 0.29) is 18.1 Å². The van der Waals surface area contributed by atoms with Gasteiger partial charge in [-0.1, -0.05) is 19.1 Å². The molecule has 0 spiro atoms. The summed E-state index contributed by atoms with van der Waals surface area (Å²) in [7, 11) is 0. The molecule has 1 rings (SSSR count). The van der Waals surface area contributed by atoms with Gasteiger partial charge < -0.3 is 10.4 Å². The summed E-state index contributed by atoms with van der Waals surface area (Å²) in [5.74, 6) is -0.981. The quantitative estimate of drug-likeness (QED) is 0.758. The van der Waals surface area contributed by atoms with Crippen LogP contribution in [-0.4, -0.2) is 38.5 Å². The number of carbonyl (C=O) groups excluding carboxylic acids is 1. The lowest BCUT2D eigenvalue weighted by molar-refractivity contribution is -0.122. The molecule has 0 bridgehead atoms. The van der Waals surface area contributed by atoms with E-state index in [9.17, 15) is 9.59 Å². The molecule has 7 heteroatoms. The maximum absolute atomic E-state index is 11.5. The van der Waals surface area contributed by atoms with Gasteiger partial charge in [-0.25, -0.2) is 9.48 Å². The molecule has 0 aliphatic rings. The van der Waals surface area contributed by atoms with Crippen molar-refractivity contribution in [1.82, 2.24) is 20.3 Å². The highest BCUT2D eigenvalue weighted by atomic mass is 16.4. The zero-order chi connectivity index (χ0) is 13.0. The van der Waals surface area contributed by atoms with Crippen molar-refractivity contribution in [2.45, 2.75) is 27.3 Å². The van der Waals surface area contributed by atoms with Crippen molar-refractivity contribution in [2.75, 3.05) is 6.54 Å². The third-order valence-electron chi connectivity index (χ3n) is 2.19. The Hall–Kier alpha value is -1.92. The van der Waals surface area contributed by atoms with Gasteiger partial charge in [0.1, 0.15) is 6.54 Å². The lowest BCUT2D eigenvalue weighted by Crippen LogP contribution is -2.31. The Labute approximate surface area is 98.8 Å². The van der Waals surface area contributed by atoms with Crippen LogP contribution in [-0.2, 0) is 11.3 Å². The molecule has 0 aliphatic heterocycles. The van der Waals surface area contributed by atoms with Gasteiger partial charge in [-0.2, -0.15) is 0 Å². The average molecular weight is 240 g/mol. The number of carboxylic acids is 1. The zero-order valence-electron chi connectivity index (χ0n) is 10.1. The lowest BCUT2D eigenvalue weighted by atomic mass is 10.2. The molecule has 0 saturated carbocycles. The number of amides is 1. The highest BCUT2D eigenvalue weighted by molar-refractivity contribution is 5.86. The van der Waals surface area contributed by atoms with E-state index >= 15 is 0 Å². The van der Waals surface area contributed by atoms with E-state index in [0.717, 1.165) is 0 Å². The molecule has 1 amide bonds. The predicted octanol–water partition coefficient (Wildman–Crippen LogP) is 0.0569. The normalized spacial score (nSPS) is 10.6. The molecular weight excluding hydrogens is 224 g/mol. The van der Waals surface area contributed by atoms with Crippen LogP contribution < -0.4 is 5.32 Å². The van der Waals surface area contributed by atoms with Crippen molar-refractivity contribution in [2.24, 2.45) is 5.92 Å². The van der Waals surface area contributed by atoms with E-state index < -0.39 is 5.97 Å². The number of nitrogens with zero attached hydrogens (tertiary/aromatic N) is 3. The van der Waals surface area contributed by atoms with Crippen LogP contribution in [0.3, 0.4) is 0 Å². The second-order valence-electron chi connectivity index (χ2n) is 4.18. The van der Waals surface area contributed by atoms with Gasteiger partial charge in [-0.05, 0) is 12.8 Å². The molecule has 0 aromatic carbocycles. The zero-order valence-corrected chi connectivity index (χ0v) is 10.1. The Morgan fingerprint density at radius 3 is 2.59 bits per heavy atom. The summed E-state index contributed by atoms with van der Waals surface area (Å²) in [6.07, 6.45) is 0. The van der Waals surface area contributed by atoms with Crippen LogP contribution in [0.5, 0.6) is 0 Å². The Balaban J connectivity index is 2.63. The first-order valence-electron chi connectivity index (χ1n) is 5.32. The minimum atomic E-state index is -1.14. The van der Waals surface area contributed by atoms with E-state index in [1.807, 2.05) is 13.8 Å². The highest BCUT2D eigenvalue weighted by Gasteiger charge is 2.16. The fourth-order valence-corrected chi connectivity index (χ4v) is 1.22. The largest absolute Gasteiger partial charge is 0.476 e. The Morgan fingerprint density at radius 2 is 2.12 bits per heavy atom. The van der Waals surface area contributed by atoms with Crippen molar-refractivity contribution in [3.8, 4) is 0 Å². The van der Waals surface area contributed by atoms with Gasteiger partial charge in [0, 0.05) is 6.54 Å². The summed E-state index contributed by atoms with van der Waals surface area (Å²) in [5, 5.41) is 18.6. The molecule has 94 valence electrons. The summed E-state index contributed by atoms with van der Waals surface area (Å²) >= 11 is 0. The molecule has 0 fully saturated rings. The second-order valence-corrected chi connectivity index (χ2v) is 4.18. The number of carbonyl (C=O) groups is 2. The van der Waals surface area contributed by atoms with Crippen LogP contribution >= 0.6 is 0 Å². The summed E-state index contributed by atoms with van der Waals surface area (Å²) in [4.78, 5) is 22.2. The number of nitrogens with one attached hydrogen (secondary N) is 1. The monoisotopic (exact) mass is 240 g/mol. The SMILES string of the molecule is Cc1c(C(=O)O)nnn1CC(=O)NCC(C)C.